The van der Waals surface area contributed by atoms with Gasteiger partial charge in [-0.1, -0.05) is 40.0 Å². The molecule has 0 saturated carbocycles. The van der Waals surface area contributed by atoms with Crippen LogP contribution in [0.3, 0.4) is 0 Å². The van der Waals surface area contributed by atoms with Gasteiger partial charge in [0.15, 0.2) is 0 Å². The maximum Gasteiger partial charge on any atom is 0.0114 e. The molecule has 0 fully saturated rings. The highest BCUT2D eigenvalue weighted by atomic mass is 14.2. The molecule has 0 heterocycles. The first-order valence-electron chi connectivity index (χ1n) is 4.69. The van der Waals surface area contributed by atoms with Crippen molar-refractivity contribution in [3.05, 3.63) is 0 Å². The molecule has 0 nitrogen and oxygen atoms in total. The van der Waals surface area contributed by atoms with E-state index in [1.807, 2.05) is 0 Å². The molecule has 0 aliphatic heterocycles. The Hall–Kier alpha value is -0.440. The van der Waals surface area contributed by atoms with Gasteiger partial charge in [0.1, 0.15) is 0 Å². The van der Waals surface area contributed by atoms with Crippen LogP contribution in [0.5, 0.6) is 0 Å². The van der Waals surface area contributed by atoms with Crippen molar-refractivity contribution in [1.82, 2.24) is 0 Å². The first kappa shape index (κ1) is 10.6. The average molecular weight is 152 g/mol. The van der Waals surface area contributed by atoms with Gasteiger partial charge in [-0.3, -0.25) is 0 Å². The lowest BCUT2D eigenvalue weighted by Gasteiger charge is -2.19. The second kappa shape index (κ2) is 6.28. The SMILES string of the molecule is C#CCC(C)C(CC)CCC. The van der Waals surface area contributed by atoms with Crippen LogP contribution in [0.2, 0.25) is 0 Å². The monoisotopic (exact) mass is 152 g/mol. The fraction of sp³-hybridized carbons (Fsp3) is 0.818. The Labute approximate surface area is 71.4 Å². The fourth-order valence-corrected chi connectivity index (χ4v) is 1.61. The van der Waals surface area contributed by atoms with Gasteiger partial charge >= 0.3 is 0 Å². The molecule has 0 N–H and O–H groups in total. The van der Waals surface area contributed by atoms with Crippen molar-refractivity contribution in [2.45, 2.75) is 46.5 Å². The van der Waals surface area contributed by atoms with Crippen LogP contribution in [-0.4, -0.2) is 0 Å². The van der Waals surface area contributed by atoms with Crippen LogP contribution >= 0.6 is 0 Å². The second-order valence-electron chi connectivity index (χ2n) is 3.34. The summed E-state index contributed by atoms with van der Waals surface area (Å²) in [6.45, 7) is 6.77. The third-order valence-corrected chi connectivity index (χ3v) is 2.43. The number of terminal acetylenes is 1. The van der Waals surface area contributed by atoms with E-state index in [1.54, 1.807) is 0 Å². The summed E-state index contributed by atoms with van der Waals surface area (Å²) in [5.41, 5.74) is 0. The highest BCUT2D eigenvalue weighted by Gasteiger charge is 2.12. The summed E-state index contributed by atoms with van der Waals surface area (Å²) in [5.74, 6) is 4.30. The van der Waals surface area contributed by atoms with E-state index in [0.717, 1.165) is 12.3 Å². The van der Waals surface area contributed by atoms with Gasteiger partial charge in [0, 0.05) is 6.42 Å². The Bertz CT molecular complexity index is 118. The van der Waals surface area contributed by atoms with Crippen molar-refractivity contribution < 1.29 is 0 Å². The molecule has 0 aromatic carbocycles. The van der Waals surface area contributed by atoms with E-state index < -0.39 is 0 Å². The normalized spacial score (nSPS) is 15.5. The van der Waals surface area contributed by atoms with E-state index in [1.165, 1.54) is 19.3 Å². The molecule has 0 aromatic heterocycles. The summed E-state index contributed by atoms with van der Waals surface area (Å²) >= 11 is 0. The van der Waals surface area contributed by atoms with Gasteiger partial charge in [-0.05, 0) is 11.8 Å². The Kier molecular flexibility index (Phi) is 6.03. The first-order chi connectivity index (χ1) is 5.26. The van der Waals surface area contributed by atoms with E-state index >= 15 is 0 Å². The molecule has 64 valence electrons. The van der Waals surface area contributed by atoms with E-state index in [-0.39, 0.29) is 0 Å². The topological polar surface area (TPSA) is 0 Å². The molecular formula is C11H20. The molecule has 0 rings (SSSR count). The van der Waals surface area contributed by atoms with E-state index in [0.29, 0.717) is 5.92 Å². The first-order valence-corrected chi connectivity index (χ1v) is 4.69. The van der Waals surface area contributed by atoms with E-state index in [2.05, 4.69) is 26.7 Å². The van der Waals surface area contributed by atoms with Gasteiger partial charge in [-0.15, -0.1) is 12.3 Å². The van der Waals surface area contributed by atoms with Crippen molar-refractivity contribution in [2.75, 3.05) is 0 Å². The molecule has 11 heavy (non-hydrogen) atoms. The van der Waals surface area contributed by atoms with Crippen LogP contribution in [0.15, 0.2) is 0 Å². The van der Waals surface area contributed by atoms with Crippen molar-refractivity contribution in [1.29, 1.82) is 0 Å². The van der Waals surface area contributed by atoms with Gasteiger partial charge in [0.25, 0.3) is 0 Å². The molecule has 2 unspecified atom stereocenters. The summed E-state index contributed by atoms with van der Waals surface area (Å²) < 4.78 is 0. The maximum absolute atomic E-state index is 5.27. The summed E-state index contributed by atoms with van der Waals surface area (Å²) in [4.78, 5) is 0. The summed E-state index contributed by atoms with van der Waals surface area (Å²) in [5, 5.41) is 0. The fourth-order valence-electron chi connectivity index (χ4n) is 1.61. The van der Waals surface area contributed by atoms with Crippen LogP contribution in [-0.2, 0) is 0 Å². The van der Waals surface area contributed by atoms with Crippen molar-refractivity contribution in [3.8, 4) is 12.3 Å². The Morgan fingerprint density at radius 3 is 2.36 bits per heavy atom. The zero-order valence-corrected chi connectivity index (χ0v) is 8.06. The summed E-state index contributed by atoms with van der Waals surface area (Å²) in [7, 11) is 0. The molecule has 0 amide bonds. The molecule has 0 spiro atoms. The van der Waals surface area contributed by atoms with Crippen molar-refractivity contribution in [3.63, 3.8) is 0 Å². The number of rotatable bonds is 5. The van der Waals surface area contributed by atoms with Gasteiger partial charge < -0.3 is 0 Å². The van der Waals surface area contributed by atoms with E-state index in [4.69, 9.17) is 6.42 Å². The predicted octanol–water partition coefficient (Wildman–Crippen LogP) is 3.47. The van der Waals surface area contributed by atoms with Crippen LogP contribution in [0, 0.1) is 24.2 Å². The average Bonchev–Trinajstić information content (AvgIpc) is 2.00. The smallest absolute Gasteiger partial charge is 0.0114 e. The Morgan fingerprint density at radius 2 is 2.00 bits per heavy atom. The predicted molar refractivity (Wildman–Crippen MR) is 51.3 cm³/mol. The minimum Gasteiger partial charge on any atom is -0.120 e. The minimum absolute atomic E-state index is 0.713. The number of hydrogen-bond acceptors (Lipinski definition) is 0. The summed E-state index contributed by atoms with van der Waals surface area (Å²) in [6.07, 6.45) is 10.1. The molecular weight excluding hydrogens is 132 g/mol. The van der Waals surface area contributed by atoms with E-state index in [9.17, 15) is 0 Å². The summed E-state index contributed by atoms with van der Waals surface area (Å²) in [6, 6.07) is 0. The molecule has 0 saturated heterocycles. The minimum atomic E-state index is 0.713. The number of hydrogen-bond donors (Lipinski definition) is 0. The lowest BCUT2D eigenvalue weighted by molar-refractivity contribution is 0.328. The van der Waals surface area contributed by atoms with Gasteiger partial charge in [-0.2, -0.15) is 0 Å². The molecule has 0 aromatic rings. The van der Waals surface area contributed by atoms with Gasteiger partial charge in [0.05, 0.1) is 0 Å². The third kappa shape index (κ3) is 4.09. The molecule has 0 heteroatoms. The van der Waals surface area contributed by atoms with Crippen molar-refractivity contribution in [2.24, 2.45) is 11.8 Å². The highest BCUT2D eigenvalue weighted by molar-refractivity contribution is 4.87. The molecule has 0 aliphatic carbocycles. The second-order valence-corrected chi connectivity index (χ2v) is 3.34. The zero-order chi connectivity index (χ0) is 8.69. The van der Waals surface area contributed by atoms with Gasteiger partial charge in [0.2, 0.25) is 0 Å². The maximum atomic E-state index is 5.27. The molecule has 0 bridgehead atoms. The van der Waals surface area contributed by atoms with Crippen LogP contribution in [0.25, 0.3) is 0 Å². The Balaban J connectivity index is 3.73. The molecule has 2 atom stereocenters. The lowest BCUT2D eigenvalue weighted by atomic mass is 9.86. The molecule has 0 radical (unpaired) electrons. The van der Waals surface area contributed by atoms with Crippen LogP contribution in [0.1, 0.15) is 46.5 Å². The van der Waals surface area contributed by atoms with Crippen LogP contribution in [0.4, 0.5) is 0 Å². The molecule has 0 aliphatic rings. The van der Waals surface area contributed by atoms with Crippen LogP contribution < -0.4 is 0 Å². The van der Waals surface area contributed by atoms with Gasteiger partial charge in [-0.25, -0.2) is 0 Å². The standard InChI is InChI=1S/C11H20/c1-5-8-10(4)11(7-3)9-6-2/h1,10-11H,6-9H2,2-4H3. The largest absolute Gasteiger partial charge is 0.120 e. The van der Waals surface area contributed by atoms with Crippen molar-refractivity contribution >= 4 is 0 Å². The quantitative estimate of drug-likeness (QED) is 0.529. The zero-order valence-electron chi connectivity index (χ0n) is 8.06. The Morgan fingerprint density at radius 1 is 1.36 bits per heavy atom. The third-order valence-electron chi connectivity index (χ3n) is 2.43. The highest BCUT2D eigenvalue weighted by Crippen LogP contribution is 2.22. The lowest BCUT2D eigenvalue weighted by Crippen LogP contribution is -2.09.